The van der Waals surface area contributed by atoms with E-state index in [1.807, 2.05) is 0 Å². The van der Waals surface area contributed by atoms with Crippen molar-refractivity contribution in [1.82, 2.24) is 4.90 Å². The van der Waals surface area contributed by atoms with Crippen molar-refractivity contribution in [1.29, 1.82) is 0 Å². The molecule has 0 aromatic rings. The van der Waals surface area contributed by atoms with E-state index in [4.69, 9.17) is 10.2 Å². The number of carboxylic acid groups (broad SMARTS) is 1. The number of alkyl halides is 5. The van der Waals surface area contributed by atoms with Crippen LogP contribution in [0.5, 0.6) is 0 Å². The molecule has 2 N–H and O–H groups in total. The number of halogens is 5. The molecule has 10 heteroatoms. The number of β-amino-alcohol motifs (C(OH)–C–C–N with tert-alkyl or cyclic N) is 1. The summed E-state index contributed by atoms with van der Waals surface area (Å²) in [6.45, 7) is -0.874. The maximum absolute atomic E-state index is 12.7. The summed E-state index contributed by atoms with van der Waals surface area (Å²) in [6.07, 6.45) is -8.14. The minimum absolute atomic E-state index is 0.166. The fourth-order valence-corrected chi connectivity index (χ4v) is 1.57. The predicted octanol–water partition coefficient (Wildman–Crippen LogP) is 0.230. The molecule has 1 amide bonds. The Morgan fingerprint density at radius 2 is 1.67 bits per heavy atom. The Morgan fingerprint density at radius 1 is 1.17 bits per heavy atom. The Labute approximate surface area is 96.8 Å². The average Bonchev–Trinajstić information content (AvgIpc) is 2.57. The Balaban J connectivity index is 3.00. The van der Waals surface area contributed by atoms with Crippen LogP contribution in [0.15, 0.2) is 0 Å². The van der Waals surface area contributed by atoms with Crippen LogP contribution in [0.2, 0.25) is 0 Å². The van der Waals surface area contributed by atoms with Gasteiger partial charge >= 0.3 is 24.0 Å². The van der Waals surface area contributed by atoms with Gasteiger partial charge in [-0.2, -0.15) is 22.0 Å². The van der Waals surface area contributed by atoms with Gasteiger partial charge in [-0.3, -0.25) is 4.79 Å². The van der Waals surface area contributed by atoms with Gasteiger partial charge in [0.15, 0.2) is 0 Å². The maximum atomic E-state index is 12.7. The molecule has 1 heterocycles. The lowest BCUT2D eigenvalue weighted by Crippen LogP contribution is -2.54. The first-order valence-corrected chi connectivity index (χ1v) is 4.65. The summed E-state index contributed by atoms with van der Waals surface area (Å²) in [4.78, 5) is 21.5. The van der Waals surface area contributed by atoms with Crippen molar-refractivity contribution in [2.75, 3.05) is 6.54 Å². The van der Waals surface area contributed by atoms with Gasteiger partial charge < -0.3 is 15.1 Å². The number of amides is 1. The van der Waals surface area contributed by atoms with E-state index in [1.54, 1.807) is 0 Å². The Kier molecular flexibility index (Phi) is 3.52. The van der Waals surface area contributed by atoms with Gasteiger partial charge in [0, 0.05) is 13.0 Å². The number of likely N-dealkylation sites (tertiary alicyclic amines) is 1. The van der Waals surface area contributed by atoms with Gasteiger partial charge in [0.25, 0.3) is 0 Å². The number of carbonyl (C=O) groups is 2. The standard InChI is InChI=1S/C8H8F5NO4/c9-7(10,8(11,12)13)6(18)14-2-3(15)1-4(14)5(16)17/h3-4,15H,1-2H2,(H,16,17). The molecule has 0 radical (unpaired) electrons. The smallest absolute Gasteiger partial charge is 0.463 e. The first kappa shape index (κ1) is 14.6. The largest absolute Gasteiger partial charge is 0.480 e. The predicted molar refractivity (Wildman–Crippen MR) is 44.8 cm³/mol. The number of carboxylic acids is 1. The van der Waals surface area contributed by atoms with Crippen molar-refractivity contribution in [3.63, 3.8) is 0 Å². The second-order valence-corrected chi connectivity index (χ2v) is 3.77. The molecule has 0 spiro atoms. The molecule has 104 valence electrons. The van der Waals surface area contributed by atoms with Crippen molar-refractivity contribution in [3.8, 4) is 0 Å². The second-order valence-electron chi connectivity index (χ2n) is 3.77. The van der Waals surface area contributed by atoms with Crippen molar-refractivity contribution in [2.45, 2.75) is 30.7 Å². The lowest BCUT2D eigenvalue weighted by atomic mass is 10.2. The third kappa shape index (κ3) is 2.37. The summed E-state index contributed by atoms with van der Waals surface area (Å²) in [5.41, 5.74) is 0. The Hall–Kier alpha value is -1.45. The number of hydrogen-bond donors (Lipinski definition) is 2. The highest BCUT2D eigenvalue weighted by Crippen LogP contribution is 2.38. The summed E-state index contributed by atoms with van der Waals surface area (Å²) in [6, 6.07) is -1.89. The number of aliphatic hydroxyl groups excluding tert-OH is 1. The number of aliphatic hydroxyl groups is 1. The molecule has 1 aliphatic heterocycles. The third-order valence-electron chi connectivity index (χ3n) is 2.45. The molecule has 1 fully saturated rings. The summed E-state index contributed by atoms with van der Waals surface area (Å²) in [7, 11) is 0. The lowest BCUT2D eigenvalue weighted by molar-refractivity contribution is -0.274. The number of aliphatic carboxylic acids is 1. The number of carbonyl (C=O) groups excluding carboxylic acids is 1. The minimum atomic E-state index is -6.11. The molecule has 0 aliphatic carbocycles. The molecule has 0 saturated carbocycles. The molecule has 0 aromatic carbocycles. The second kappa shape index (κ2) is 4.34. The lowest BCUT2D eigenvalue weighted by Gasteiger charge is -2.27. The maximum Gasteiger partial charge on any atom is 0.463 e. The van der Waals surface area contributed by atoms with Crippen LogP contribution in [0.1, 0.15) is 6.42 Å². The van der Waals surface area contributed by atoms with Crippen LogP contribution in [-0.2, 0) is 9.59 Å². The summed E-state index contributed by atoms with van der Waals surface area (Å²) in [5.74, 6) is -10.1. The van der Waals surface area contributed by atoms with E-state index in [0.29, 0.717) is 0 Å². The SMILES string of the molecule is O=C(O)C1CC(O)CN1C(=O)C(F)(F)C(F)(F)F. The van der Waals surface area contributed by atoms with Gasteiger partial charge in [-0.1, -0.05) is 0 Å². The van der Waals surface area contributed by atoms with Gasteiger partial charge in [0.1, 0.15) is 6.04 Å². The van der Waals surface area contributed by atoms with Crippen molar-refractivity contribution in [2.24, 2.45) is 0 Å². The van der Waals surface area contributed by atoms with Gasteiger partial charge in [-0.25, -0.2) is 4.79 Å². The number of rotatable bonds is 2. The highest BCUT2D eigenvalue weighted by Gasteiger charge is 2.66. The zero-order chi connectivity index (χ0) is 14.3. The van der Waals surface area contributed by atoms with Crippen LogP contribution < -0.4 is 0 Å². The van der Waals surface area contributed by atoms with E-state index in [2.05, 4.69) is 0 Å². The van der Waals surface area contributed by atoms with Crippen molar-refractivity contribution < 1.29 is 41.8 Å². The van der Waals surface area contributed by atoms with Crippen molar-refractivity contribution >= 4 is 11.9 Å². The van der Waals surface area contributed by atoms with Gasteiger partial charge in [0.05, 0.1) is 6.10 Å². The number of hydrogen-bond acceptors (Lipinski definition) is 3. The fraction of sp³-hybridized carbons (Fsp3) is 0.750. The van der Waals surface area contributed by atoms with E-state index < -0.39 is 49.1 Å². The van der Waals surface area contributed by atoms with Crippen LogP contribution in [0.3, 0.4) is 0 Å². The van der Waals surface area contributed by atoms with Crippen LogP contribution >= 0.6 is 0 Å². The zero-order valence-electron chi connectivity index (χ0n) is 8.62. The molecule has 2 atom stereocenters. The van der Waals surface area contributed by atoms with E-state index in [0.717, 1.165) is 0 Å². The zero-order valence-corrected chi connectivity index (χ0v) is 8.62. The topological polar surface area (TPSA) is 77.8 Å². The molecule has 1 rings (SSSR count). The van der Waals surface area contributed by atoms with E-state index in [9.17, 15) is 31.5 Å². The molecule has 0 aromatic heterocycles. The van der Waals surface area contributed by atoms with Gasteiger partial charge in [-0.05, 0) is 0 Å². The molecule has 5 nitrogen and oxygen atoms in total. The Morgan fingerprint density at radius 3 is 2.06 bits per heavy atom. The summed E-state index contributed by atoms with van der Waals surface area (Å²) < 4.78 is 61.4. The molecule has 0 bridgehead atoms. The van der Waals surface area contributed by atoms with Crippen LogP contribution in [-0.4, -0.2) is 57.8 Å². The average molecular weight is 277 g/mol. The quantitative estimate of drug-likeness (QED) is 0.708. The highest BCUT2D eigenvalue weighted by molar-refractivity contribution is 5.89. The van der Waals surface area contributed by atoms with Gasteiger partial charge in [-0.15, -0.1) is 0 Å². The van der Waals surface area contributed by atoms with Crippen molar-refractivity contribution in [3.05, 3.63) is 0 Å². The Bertz CT molecular complexity index is 369. The summed E-state index contributed by atoms with van der Waals surface area (Å²) in [5, 5.41) is 17.6. The van der Waals surface area contributed by atoms with E-state index in [1.165, 1.54) is 0 Å². The highest BCUT2D eigenvalue weighted by atomic mass is 19.4. The normalized spacial score (nSPS) is 25.3. The third-order valence-corrected chi connectivity index (χ3v) is 2.45. The molecular weight excluding hydrogens is 269 g/mol. The first-order chi connectivity index (χ1) is 7.98. The molecule has 1 aliphatic rings. The van der Waals surface area contributed by atoms with E-state index >= 15 is 0 Å². The molecule has 18 heavy (non-hydrogen) atoms. The number of nitrogens with zero attached hydrogens (tertiary/aromatic N) is 1. The van der Waals surface area contributed by atoms with E-state index in [-0.39, 0.29) is 4.90 Å². The van der Waals surface area contributed by atoms with Crippen LogP contribution in [0.4, 0.5) is 22.0 Å². The molecule has 2 unspecified atom stereocenters. The van der Waals surface area contributed by atoms with Crippen LogP contribution in [0, 0.1) is 0 Å². The minimum Gasteiger partial charge on any atom is -0.480 e. The monoisotopic (exact) mass is 277 g/mol. The molecule has 1 saturated heterocycles. The fourth-order valence-electron chi connectivity index (χ4n) is 1.57. The van der Waals surface area contributed by atoms with Gasteiger partial charge in [0.2, 0.25) is 0 Å². The molecular formula is C8H8F5NO4. The summed E-state index contributed by atoms with van der Waals surface area (Å²) >= 11 is 0. The van der Waals surface area contributed by atoms with Crippen LogP contribution in [0.25, 0.3) is 0 Å². The first-order valence-electron chi connectivity index (χ1n) is 4.65.